The third-order valence-electron chi connectivity index (χ3n) is 3.76. The molecule has 0 aliphatic heterocycles. The van der Waals surface area contributed by atoms with Gasteiger partial charge in [0.1, 0.15) is 0 Å². The normalized spacial score (nSPS) is 10.3. The standard InChI is InChI=1S/C20H17NO3/c22-17-12-11-16(14-7-3-1-4-8-14)19(20(17)24)21-13-18(23)15-9-5-2-6-10-15/h1-12,21-22,24H,13H2. The number of Topliss-reactive ketones (excluding diaryl/α,β-unsaturated/α-hetero) is 1. The second-order valence-corrected chi connectivity index (χ2v) is 5.36. The Morgan fingerprint density at radius 1 is 0.833 bits per heavy atom. The summed E-state index contributed by atoms with van der Waals surface area (Å²) in [6, 6.07) is 21.5. The molecule has 4 heteroatoms. The lowest BCUT2D eigenvalue weighted by molar-refractivity contribution is 0.101. The molecule has 0 saturated heterocycles. The van der Waals surface area contributed by atoms with Crippen LogP contribution in [0.1, 0.15) is 10.4 Å². The number of hydrogen-bond acceptors (Lipinski definition) is 4. The molecule has 0 fully saturated rings. The van der Waals surface area contributed by atoms with E-state index in [1.807, 2.05) is 36.4 Å². The fraction of sp³-hybridized carbons (Fsp3) is 0.0500. The smallest absolute Gasteiger partial charge is 0.181 e. The molecule has 0 unspecified atom stereocenters. The predicted molar refractivity (Wildman–Crippen MR) is 94.5 cm³/mol. The van der Waals surface area contributed by atoms with Crippen LogP contribution in [-0.2, 0) is 0 Å². The van der Waals surface area contributed by atoms with E-state index >= 15 is 0 Å². The molecule has 0 spiro atoms. The molecule has 0 amide bonds. The van der Waals surface area contributed by atoms with Crippen molar-refractivity contribution in [1.82, 2.24) is 0 Å². The van der Waals surface area contributed by atoms with Crippen LogP contribution in [0.2, 0.25) is 0 Å². The Hall–Kier alpha value is -3.27. The van der Waals surface area contributed by atoms with Crippen molar-refractivity contribution in [2.75, 3.05) is 11.9 Å². The quantitative estimate of drug-likeness (QED) is 0.490. The molecule has 120 valence electrons. The SMILES string of the molecule is O=C(CNc1c(-c2ccccc2)ccc(O)c1O)c1ccccc1. The Kier molecular flexibility index (Phi) is 4.47. The lowest BCUT2D eigenvalue weighted by atomic mass is 10.0. The van der Waals surface area contributed by atoms with Gasteiger partial charge in [0.15, 0.2) is 17.3 Å². The van der Waals surface area contributed by atoms with Gasteiger partial charge in [-0.1, -0.05) is 60.7 Å². The highest BCUT2D eigenvalue weighted by Gasteiger charge is 2.15. The Balaban J connectivity index is 1.90. The van der Waals surface area contributed by atoms with E-state index in [2.05, 4.69) is 5.32 Å². The Morgan fingerprint density at radius 2 is 1.46 bits per heavy atom. The maximum absolute atomic E-state index is 12.3. The molecular formula is C20H17NO3. The minimum atomic E-state index is -0.266. The minimum absolute atomic E-state index is 0.0147. The van der Waals surface area contributed by atoms with E-state index in [1.54, 1.807) is 30.3 Å². The van der Waals surface area contributed by atoms with E-state index in [0.717, 1.165) is 5.56 Å². The van der Waals surface area contributed by atoms with Crippen LogP contribution < -0.4 is 5.32 Å². The van der Waals surface area contributed by atoms with Crippen molar-refractivity contribution in [3.63, 3.8) is 0 Å². The zero-order chi connectivity index (χ0) is 16.9. The van der Waals surface area contributed by atoms with Gasteiger partial charge in [-0.15, -0.1) is 0 Å². The average Bonchev–Trinajstić information content (AvgIpc) is 2.64. The average molecular weight is 319 g/mol. The lowest BCUT2D eigenvalue weighted by Crippen LogP contribution is -2.14. The summed E-state index contributed by atoms with van der Waals surface area (Å²) in [7, 11) is 0. The number of anilines is 1. The van der Waals surface area contributed by atoms with Crippen LogP contribution in [0.4, 0.5) is 5.69 Å². The summed E-state index contributed by atoms with van der Waals surface area (Å²) in [6.45, 7) is 0.0147. The van der Waals surface area contributed by atoms with Gasteiger partial charge < -0.3 is 15.5 Å². The molecule has 0 aliphatic rings. The zero-order valence-corrected chi connectivity index (χ0v) is 12.9. The van der Waals surface area contributed by atoms with E-state index in [9.17, 15) is 15.0 Å². The van der Waals surface area contributed by atoms with Gasteiger partial charge in [-0.2, -0.15) is 0 Å². The Morgan fingerprint density at radius 3 is 2.12 bits per heavy atom. The number of benzene rings is 3. The highest BCUT2D eigenvalue weighted by molar-refractivity contribution is 6.00. The number of ketones is 1. The number of phenols is 2. The molecule has 3 aromatic rings. The Bertz CT molecular complexity index is 846. The van der Waals surface area contributed by atoms with Crippen LogP contribution in [0.25, 0.3) is 11.1 Å². The second kappa shape index (κ2) is 6.87. The topological polar surface area (TPSA) is 69.6 Å². The van der Waals surface area contributed by atoms with Gasteiger partial charge in [-0.05, 0) is 17.7 Å². The first kappa shape index (κ1) is 15.6. The number of carbonyl (C=O) groups excluding carboxylic acids is 1. The summed E-state index contributed by atoms with van der Waals surface area (Å²) in [6.07, 6.45) is 0. The first-order valence-electron chi connectivity index (χ1n) is 7.59. The van der Waals surface area contributed by atoms with Gasteiger partial charge in [0.25, 0.3) is 0 Å². The van der Waals surface area contributed by atoms with Gasteiger partial charge in [0.05, 0.1) is 12.2 Å². The highest BCUT2D eigenvalue weighted by Crippen LogP contribution is 2.41. The van der Waals surface area contributed by atoms with Crippen molar-refractivity contribution < 1.29 is 15.0 Å². The summed E-state index contributed by atoms with van der Waals surface area (Å²) in [5.41, 5.74) is 2.52. The van der Waals surface area contributed by atoms with Crippen molar-refractivity contribution in [2.24, 2.45) is 0 Å². The fourth-order valence-corrected chi connectivity index (χ4v) is 2.51. The van der Waals surface area contributed by atoms with Crippen molar-refractivity contribution >= 4 is 11.5 Å². The summed E-state index contributed by atoms with van der Waals surface area (Å²) in [5, 5.41) is 22.9. The van der Waals surface area contributed by atoms with Crippen molar-refractivity contribution in [2.45, 2.75) is 0 Å². The summed E-state index contributed by atoms with van der Waals surface area (Å²) in [5.74, 6) is -0.598. The molecule has 24 heavy (non-hydrogen) atoms. The number of rotatable bonds is 5. The van der Waals surface area contributed by atoms with Crippen molar-refractivity contribution in [3.05, 3.63) is 78.4 Å². The molecule has 4 nitrogen and oxygen atoms in total. The van der Waals surface area contributed by atoms with Crippen LogP contribution in [0, 0.1) is 0 Å². The summed E-state index contributed by atoms with van der Waals surface area (Å²) in [4.78, 5) is 12.3. The number of phenolic OH excluding ortho intramolecular Hbond substituents is 2. The largest absolute Gasteiger partial charge is 0.504 e. The molecule has 3 aromatic carbocycles. The van der Waals surface area contributed by atoms with E-state index in [1.165, 1.54) is 6.07 Å². The van der Waals surface area contributed by atoms with Gasteiger partial charge >= 0.3 is 0 Å². The molecule has 0 aliphatic carbocycles. The zero-order valence-electron chi connectivity index (χ0n) is 12.9. The van der Waals surface area contributed by atoms with Crippen LogP contribution in [0.15, 0.2) is 72.8 Å². The summed E-state index contributed by atoms with van der Waals surface area (Å²) < 4.78 is 0. The second-order valence-electron chi connectivity index (χ2n) is 5.36. The maximum Gasteiger partial charge on any atom is 0.181 e. The first-order valence-corrected chi connectivity index (χ1v) is 7.59. The predicted octanol–water partition coefficient (Wildman–Crippen LogP) is 4.06. The maximum atomic E-state index is 12.3. The van der Waals surface area contributed by atoms with E-state index in [-0.39, 0.29) is 23.8 Å². The third kappa shape index (κ3) is 3.22. The first-order chi connectivity index (χ1) is 11.7. The molecule has 3 rings (SSSR count). The Labute approximate surface area is 140 Å². The molecular weight excluding hydrogens is 302 g/mol. The fourth-order valence-electron chi connectivity index (χ4n) is 2.51. The van der Waals surface area contributed by atoms with Crippen LogP contribution >= 0.6 is 0 Å². The molecule has 0 saturated carbocycles. The molecule has 0 aromatic heterocycles. The third-order valence-corrected chi connectivity index (χ3v) is 3.76. The van der Waals surface area contributed by atoms with Gasteiger partial charge in [0.2, 0.25) is 0 Å². The van der Waals surface area contributed by atoms with Crippen LogP contribution in [0.5, 0.6) is 11.5 Å². The molecule has 0 atom stereocenters. The van der Waals surface area contributed by atoms with Crippen molar-refractivity contribution in [1.29, 1.82) is 0 Å². The van der Waals surface area contributed by atoms with Gasteiger partial charge in [0, 0.05) is 11.1 Å². The molecule has 3 N–H and O–H groups in total. The summed E-state index contributed by atoms with van der Waals surface area (Å²) >= 11 is 0. The number of hydrogen-bond donors (Lipinski definition) is 3. The van der Waals surface area contributed by atoms with E-state index in [0.29, 0.717) is 16.8 Å². The van der Waals surface area contributed by atoms with Gasteiger partial charge in [-0.25, -0.2) is 0 Å². The lowest BCUT2D eigenvalue weighted by Gasteiger charge is -2.14. The number of carbonyl (C=O) groups is 1. The molecule has 0 radical (unpaired) electrons. The monoisotopic (exact) mass is 319 g/mol. The van der Waals surface area contributed by atoms with Crippen molar-refractivity contribution in [3.8, 4) is 22.6 Å². The van der Waals surface area contributed by atoms with Crippen LogP contribution in [0.3, 0.4) is 0 Å². The minimum Gasteiger partial charge on any atom is -0.504 e. The van der Waals surface area contributed by atoms with Gasteiger partial charge in [-0.3, -0.25) is 4.79 Å². The van der Waals surface area contributed by atoms with Crippen LogP contribution in [-0.4, -0.2) is 22.5 Å². The highest BCUT2D eigenvalue weighted by atomic mass is 16.3. The number of aromatic hydroxyl groups is 2. The van der Waals surface area contributed by atoms with E-state index < -0.39 is 0 Å². The van der Waals surface area contributed by atoms with E-state index in [4.69, 9.17) is 0 Å². The number of nitrogens with one attached hydrogen (secondary N) is 1. The molecule has 0 heterocycles. The molecule has 0 bridgehead atoms.